The van der Waals surface area contributed by atoms with Crippen molar-refractivity contribution in [2.24, 2.45) is 0 Å². The lowest BCUT2D eigenvalue weighted by atomic mass is 9.96. The number of aromatic amines is 1. The van der Waals surface area contributed by atoms with Crippen LogP contribution in [0.4, 0.5) is 0 Å². The van der Waals surface area contributed by atoms with E-state index in [-0.39, 0.29) is 12.3 Å². The highest BCUT2D eigenvalue weighted by Crippen LogP contribution is 2.28. The molecule has 1 aromatic carbocycles. The summed E-state index contributed by atoms with van der Waals surface area (Å²) >= 11 is 0. The number of aliphatic carboxylic acids is 1. The molecule has 3 aromatic rings. The minimum Gasteiger partial charge on any atom is -0.481 e. The minimum atomic E-state index is -0.770. The first-order valence-corrected chi connectivity index (χ1v) is 6.22. The molecular weight excluding hydrogens is 240 g/mol. The number of fused-ring (bicyclic) bond motifs is 3. The maximum absolute atomic E-state index is 10.8. The van der Waals surface area contributed by atoms with Crippen molar-refractivity contribution in [3.8, 4) is 0 Å². The first kappa shape index (κ1) is 11.7. The van der Waals surface area contributed by atoms with Crippen LogP contribution in [0.3, 0.4) is 0 Å². The Bertz CT molecular complexity index is 761. The summed E-state index contributed by atoms with van der Waals surface area (Å²) in [5, 5.41) is 11.0. The van der Waals surface area contributed by atoms with Gasteiger partial charge in [0.25, 0.3) is 0 Å². The molecule has 2 N–H and O–H groups in total. The number of hydrogen-bond donors (Lipinski definition) is 2. The molecule has 4 heteroatoms. The number of H-pyrrole nitrogens is 1. The Morgan fingerprint density at radius 2 is 2.11 bits per heavy atom. The summed E-state index contributed by atoms with van der Waals surface area (Å²) in [5.41, 5.74) is 3.14. The van der Waals surface area contributed by atoms with E-state index in [1.165, 1.54) is 0 Å². The molecule has 0 saturated carbocycles. The second-order valence-electron chi connectivity index (χ2n) is 4.85. The monoisotopic (exact) mass is 254 g/mol. The molecule has 4 nitrogen and oxygen atoms in total. The summed E-state index contributed by atoms with van der Waals surface area (Å²) in [4.78, 5) is 18.3. The van der Waals surface area contributed by atoms with E-state index >= 15 is 0 Å². The van der Waals surface area contributed by atoms with E-state index in [0.717, 1.165) is 27.4 Å². The molecule has 0 radical (unpaired) electrons. The molecule has 0 fully saturated rings. The van der Waals surface area contributed by atoms with Crippen LogP contribution < -0.4 is 0 Å². The maximum atomic E-state index is 10.8. The summed E-state index contributed by atoms with van der Waals surface area (Å²) in [7, 11) is 0. The quantitative estimate of drug-likeness (QED) is 0.753. The highest BCUT2D eigenvalue weighted by atomic mass is 16.4. The zero-order chi connectivity index (χ0) is 13.4. The topological polar surface area (TPSA) is 66.0 Å². The summed E-state index contributed by atoms with van der Waals surface area (Å²) in [6.07, 6.45) is 3.73. The van der Waals surface area contributed by atoms with Crippen LogP contribution in [-0.4, -0.2) is 21.0 Å². The Morgan fingerprint density at radius 3 is 2.89 bits per heavy atom. The lowest BCUT2D eigenvalue weighted by Gasteiger charge is -2.09. The molecule has 0 aliphatic heterocycles. The Morgan fingerprint density at radius 1 is 1.32 bits per heavy atom. The number of nitrogens with zero attached hydrogens (tertiary/aromatic N) is 1. The molecule has 3 rings (SSSR count). The van der Waals surface area contributed by atoms with Gasteiger partial charge in [-0.2, -0.15) is 0 Å². The van der Waals surface area contributed by atoms with Crippen molar-refractivity contribution in [2.45, 2.75) is 19.3 Å². The number of benzene rings is 1. The highest BCUT2D eigenvalue weighted by molar-refractivity contribution is 6.06. The molecule has 0 saturated heterocycles. The number of nitrogens with one attached hydrogen (secondary N) is 1. The lowest BCUT2D eigenvalue weighted by Crippen LogP contribution is -2.02. The second kappa shape index (κ2) is 4.39. The van der Waals surface area contributed by atoms with Crippen molar-refractivity contribution in [3.63, 3.8) is 0 Å². The number of pyridine rings is 1. The van der Waals surface area contributed by atoms with Gasteiger partial charge in [-0.1, -0.05) is 13.0 Å². The van der Waals surface area contributed by atoms with Crippen molar-refractivity contribution in [3.05, 3.63) is 42.2 Å². The van der Waals surface area contributed by atoms with E-state index < -0.39 is 5.97 Å². The molecular formula is C15H14N2O2. The van der Waals surface area contributed by atoms with Gasteiger partial charge in [-0.25, -0.2) is 0 Å². The standard InChI is InChI=1S/C15H14N2O2/c1-9(6-15(18)19)10-2-3-13-11(7-10)12-8-16-5-4-14(12)17-13/h2-5,7-9,17H,6H2,1H3,(H,18,19). The molecule has 0 bridgehead atoms. The molecule has 1 atom stereocenters. The normalized spacial score (nSPS) is 12.9. The zero-order valence-electron chi connectivity index (χ0n) is 10.6. The number of rotatable bonds is 3. The molecule has 0 amide bonds. The van der Waals surface area contributed by atoms with Crippen molar-refractivity contribution in [1.82, 2.24) is 9.97 Å². The zero-order valence-corrected chi connectivity index (χ0v) is 10.6. The smallest absolute Gasteiger partial charge is 0.303 e. The number of aromatic nitrogens is 2. The Hall–Kier alpha value is -2.36. The van der Waals surface area contributed by atoms with Crippen molar-refractivity contribution in [2.75, 3.05) is 0 Å². The molecule has 0 aliphatic rings. The van der Waals surface area contributed by atoms with Gasteiger partial charge in [-0.15, -0.1) is 0 Å². The number of hydrogen-bond acceptors (Lipinski definition) is 2. The number of carboxylic acid groups (broad SMARTS) is 1. The van der Waals surface area contributed by atoms with Crippen LogP contribution in [0.2, 0.25) is 0 Å². The Kier molecular flexibility index (Phi) is 2.71. The van der Waals surface area contributed by atoms with Crippen LogP contribution in [0.15, 0.2) is 36.7 Å². The van der Waals surface area contributed by atoms with Crippen LogP contribution in [0, 0.1) is 0 Å². The molecule has 2 aromatic heterocycles. The molecule has 0 spiro atoms. The van der Waals surface area contributed by atoms with Crippen LogP contribution in [0.5, 0.6) is 0 Å². The largest absolute Gasteiger partial charge is 0.481 e. The van der Waals surface area contributed by atoms with E-state index in [2.05, 4.69) is 16.0 Å². The van der Waals surface area contributed by atoms with Gasteiger partial charge in [-0.05, 0) is 29.7 Å². The van der Waals surface area contributed by atoms with Gasteiger partial charge in [0.05, 0.1) is 6.42 Å². The number of carboxylic acids is 1. The van der Waals surface area contributed by atoms with Crippen LogP contribution >= 0.6 is 0 Å². The second-order valence-corrected chi connectivity index (χ2v) is 4.85. The van der Waals surface area contributed by atoms with Gasteiger partial charge in [0, 0.05) is 34.2 Å². The first-order chi connectivity index (χ1) is 9.15. The lowest BCUT2D eigenvalue weighted by molar-refractivity contribution is -0.137. The molecule has 19 heavy (non-hydrogen) atoms. The van der Waals surface area contributed by atoms with Crippen molar-refractivity contribution >= 4 is 27.8 Å². The van der Waals surface area contributed by atoms with Gasteiger partial charge in [0.1, 0.15) is 0 Å². The third-order valence-corrected chi connectivity index (χ3v) is 3.47. The molecule has 0 aliphatic carbocycles. The van der Waals surface area contributed by atoms with Crippen LogP contribution in [0.25, 0.3) is 21.8 Å². The predicted octanol–water partition coefficient (Wildman–Crippen LogP) is 3.29. The summed E-state index contributed by atoms with van der Waals surface area (Å²) in [6, 6.07) is 7.99. The van der Waals surface area contributed by atoms with Gasteiger partial charge in [0.15, 0.2) is 0 Å². The minimum absolute atomic E-state index is 0.00326. The average molecular weight is 254 g/mol. The predicted molar refractivity (Wildman–Crippen MR) is 74.3 cm³/mol. The van der Waals surface area contributed by atoms with E-state index in [1.54, 1.807) is 6.20 Å². The van der Waals surface area contributed by atoms with Gasteiger partial charge < -0.3 is 10.1 Å². The fourth-order valence-corrected chi connectivity index (χ4v) is 2.44. The van der Waals surface area contributed by atoms with Crippen LogP contribution in [-0.2, 0) is 4.79 Å². The Labute approximate surface area is 110 Å². The maximum Gasteiger partial charge on any atom is 0.303 e. The van der Waals surface area contributed by atoms with Gasteiger partial charge in [0.2, 0.25) is 0 Å². The van der Waals surface area contributed by atoms with Gasteiger partial charge >= 0.3 is 5.97 Å². The third-order valence-electron chi connectivity index (χ3n) is 3.47. The fourth-order valence-electron chi connectivity index (χ4n) is 2.44. The summed E-state index contributed by atoms with van der Waals surface area (Å²) in [5.74, 6) is -0.767. The van der Waals surface area contributed by atoms with E-state index in [1.807, 2.05) is 31.3 Å². The van der Waals surface area contributed by atoms with E-state index in [9.17, 15) is 4.79 Å². The first-order valence-electron chi connectivity index (χ1n) is 6.22. The van der Waals surface area contributed by atoms with Crippen molar-refractivity contribution < 1.29 is 9.90 Å². The number of carbonyl (C=O) groups is 1. The third kappa shape index (κ3) is 2.05. The molecule has 96 valence electrons. The van der Waals surface area contributed by atoms with Crippen molar-refractivity contribution in [1.29, 1.82) is 0 Å². The summed E-state index contributed by atoms with van der Waals surface area (Å²) < 4.78 is 0. The fraction of sp³-hybridized carbons (Fsp3) is 0.200. The SMILES string of the molecule is CC(CC(=O)O)c1ccc2[nH]c3ccncc3c2c1. The van der Waals surface area contributed by atoms with E-state index in [4.69, 9.17) is 5.11 Å². The van der Waals surface area contributed by atoms with E-state index in [0.29, 0.717) is 0 Å². The summed E-state index contributed by atoms with van der Waals surface area (Å²) in [6.45, 7) is 1.93. The van der Waals surface area contributed by atoms with Gasteiger partial charge in [-0.3, -0.25) is 9.78 Å². The average Bonchev–Trinajstić information content (AvgIpc) is 2.75. The Balaban J connectivity index is 2.13. The molecule has 1 unspecified atom stereocenters. The molecule has 2 heterocycles. The highest BCUT2D eigenvalue weighted by Gasteiger charge is 2.12. The van der Waals surface area contributed by atoms with Crippen LogP contribution in [0.1, 0.15) is 24.8 Å².